The van der Waals surface area contributed by atoms with Gasteiger partial charge in [0.15, 0.2) is 0 Å². The van der Waals surface area contributed by atoms with Crippen molar-refractivity contribution in [2.75, 3.05) is 0 Å². The minimum atomic E-state index is -0.768. The number of rotatable bonds is 5. The number of carbonyl (C=O) groups excluding carboxylic acids is 2. The Morgan fingerprint density at radius 2 is 1.81 bits per heavy atom. The van der Waals surface area contributed by atoms with Gasteiger partial charge in [0.2, 0.25) is 5.91 Å². The summed E-state index contributed by atoms with van der Waals surface area (Å²) in [5.74, 6) is 1.37. The maximum atomic E-state index is 13.1. The second kappa shape index (κ2) is 7.39. The first-order valence-electron chi connectivity index (χ1n) is 11.0. The second-order valence-electron chi connectivity index (χ2n) is 9.77. The normalized spacial score (nSPS) is 29.6. The van der Waals surface area contributed by atoms with Crippen LogP contribution < -0.4 is 10.9 Å². The molecule has 4 aliphatic carbocycles. The van der Waals surface area contributed by atoms with Gasteiger partial charge < -0.3 is 19.6 Å². The average Bonchev–Trinajstić information content (AvgIpc) is 2.70. The highest BCUT2D eigenvalue weighted by Gasteiger charge is 2.54. The molecule has 1 heterocycles. The quantitative estimate of drug-likeness (QED) is 0.563. The minimum absolute atomic E-state index is 0.0164. The third kappa shape index (κ3) is 3.70. The van der Waals surface area contributed by atoms with E-state index in [9.17, 15) is 19.5 Å². The lowest BCUT2D eigenvalue weighted by atomic mass is 9.49. The molecule has 0 unspecified atom stereocenters. The number of hydrogen-bond donors (Lipinski definition) is 2. The molecule has 7 nitrogen and oxygen atoms in total. The van der Waals surface area contributed by atoms with Crippen molar-refractivity contribution >= 4 is 22.8 Å². The molecule has 1 aromatic heterocycles. The van der Waals surface area contributed by atoms with E-state index in [1.165, 1.54) is 37.5 Å². The van der Waals surface area contributed by atoms with Gasteiger partial charge in [-0.1, -0.05) is 0 Å². The number of aromatic hydroxyl groups is 1. The van der Waals surface area contributed by atoms with Gasteiger partial charge in [-0.2, -0.15) is 0 Å². The molecule has 31 heavy (non-hydrogen) atoms. The number of carbonyl (C=O) groups is 2. The summed E-state index contributed by atoms with van der Waals surface area (Å²) in [6.45, 7) is 1.51. The van der Waals surface area contributed by atoms with Gasteiger partial charge >= 0.3 is 11.6 Å². The molecule has 2 N–H and O–H groups in total. The third-order valence-electron chi connectivity index (χ3n) is 7.40. The molecule has 6 rings (SSSR count). The van der Waals surface area contributed by atoms with Gasteiger partial charge in [-0.25, -0.2) is 9.59 Å². The summed E-state index contributed by atoms with van der Waals surface area (Å²) in [5.41, 5.74) is -0.201. The fourth-order valence-electron chi connectivity index (χ4n) is 6.41. The summed E-state index contributed by atoms with van der Waals surface area (Å²) in [6.07, 6.45) is 6.56. The lowest BCUT2D eigenvalue weighted by molar-refractivity contribution is -0.154. The van der Waals surface area contributed by atoms with E-state index in [0.717, 1.165) is 19.3 Å². The van der Waals surface area contributed by atoms with Crippen LogP contribution in [0.25, 0.3) is 11.0 Å². The lowest BCUT2D eigenvalue weighted by Gasteiger charge is -2.55. The summed E-state index contributed by atoms with van der Waals surface area (Å²) in [6, 6.07) is 4.93. The third-order valence-corrected chi connectivity index (χ3v) is 7.40. The van der Waals surface area contributed by atoms with Crippen molar-refractivity contribution in [1.29, 1.82) is 0 Å². The van der Waals surface area contributed by atoms with Gasteiger partial charge in [-0.15, -0.1) is 0 Å². The Kier molecular flexibility index (Phi) is 4.79. The largest absolute Gasteiger partial charge is 0.508 e. The summed E-state index contributed by atoms with van der Waals surface area (Å²) >= 11 is 0. The van der Waals surface area contributed by atoms with Gasteiger partial charge in [0.25, 0.3) is 0 Å². The molecule has 4 bridgehead atoms. The maximum Gasteiger partial charge on any atom is 0.336 e. The summed E-state index contributed by atoms with van der Waals surface area (Å²) in [5, 5.41) is 13.1. The first-order valence-corrected chi connectivity index (χ1v) is 11.0. The van der Waals surface area contributed by atoms with E-state index in [2.05, 4.69) is 5.32 Å². The Hall–Kier alpha value is -2.83. The SMILES string of the molecule is C[C@H](NC(=O)C12CC3CC(CC(C3)C1)C2)C(=O)OCc1cc(=O)oc2cc(O)ccc12. The second-order valence-corrected chi connectivity index (χ2v) is 9.77. The van der Waals surface area contributed by atoms with Crippen molar-refractivity contribution < 1.29 is 23.8 Å². The van der Waals surface area contributed by atoms with E-state index in [1.807, 2.05) is 0 Å². The van der Waals surface area contributed by atoms with Crippen molar-refractivity contribution in [2.45, 2.75) is 58.1 Å². The van der Waals surface area contributed by atoms with E-state index in [4.69, 9.17) is 9.15 Å². The first kappa shape index (κ1) is 20.1. The molecule has 0 spiro atoms. The van der Waals surface area contributed by atoms with Crippen molar-refractivity contribution in [2.24, 2.45) is 23.2 Å². The monoisotopic (exact) mass is 425 g/mol. The van der Waals surface area contributed by atoms with Crippen LogP contribution in [0.4, 0.5) is 0 Å². The van der Waals surface area contributed by atoms with E-state index < -0.39 is 17.6 Å². The molecule has 4 aliphatic rings. The summed E-state index contributed by atoms with van der Waals surface area (Å²) in [4.78, 5) is 37.5. The molecule has 1 atom stereocenters. The number of hydrogen-bond acceptors (Lipinski definition) is 6. The molecular formula is C24H27NO6. The van der Waals surface area contributed by atoms with E-state index in [0.29, 0.717) is 28.7 Å². The standard InChI is InChI=1S/C24H27NO6/c1-13(25-23(29)24-9-14-4-15(10-24)6-16(5-14)11-24)22(28)30-12-17-7-21(27)31-20-8-18(26)2-3-19(17)20/h2-3,7-8,13-16,26H,4-6,9-12H2,1H3,(H,25,29)/t13-,14?,15?,16?,24?/m0/s1. The average molecular weight is 425 g/mol. The molecule has 2 aromatic rings. The number of nitrogens with one attached hydrogen (secondary N) is 1. The molecule has 164 valence electrons. The molecule has 0 radical (unpaired) electrons. The number of ether oxygens (including phenoxy) is 1. The number of phenols is 1. The molecule has 0 saturated heterocycles. The first-order chi connectivity index (χ1) is 14.8. The highest BCUT2D eigenvalue weighted by atomic mass is 16.5. The summed E-state index contributed by atoms with van der Waals surface area (Å²) in [7, 11) is 0. The summed E-state index contributed by atoms with van der Waals surface area (Å²) < 4.78 is 10.5. The Bertz CT molecular complexity index is 1070. The van der Waals surface area contributed by atoms with Crippen LogP contribution in [0.5, 0.6) is 5.75 Å². The molecule has 7 heteroatoms. The number of benzene rings is 1. The van der Waals surface area contributed by atoms with Crippen LogP contribution in [0.2, 0.25) is 0 Å². The smallest absolute Gasteiger partial charge is 0.336 e. The Morgan fingerprint density at radius 3 is 2.45 bits per heavy atom. The lowest BCUT2D eigenvalue weighted by Crippen LogP contribution is -2.55. The van der Waals surface area contributed by atoms with Gasteiger partial charge in [-0.3, -0.25) is 4.79 Å². The Labute approximate surface area is 179 Å². The van der Waals surface area contributed by atoms with Gasteiger partial charge in [0.1, 0.15) is 24.0 Å². The minimum Gasteiger partial charge on any atom is -0.508 e. The van der Waals surface area contributed by atoms with Crippen LogP contribution >= 0.6 is 0 Å². The van der Waals surface area contributed by atoms with Crippen LogP contribution in [0.1, 0.15) is 51.0 Å². The van der Waals surface area contributed by atoms with Gasteiger partial charge in [0.05, 0.1) is 0 Å². The van der Waals surface area contributed by atoms with Crippen LogP contribution in [-0.2, 0) is 20.9 Å². The molecule has 4 saturated carbocycles. The van der Waals surface area contributed by atoms with Gasteiger partial charge in [0, 0.05) is 28.5 Å². The van der Waals surface area contributed by atoms with Crippen molar-refractivity contribution in [3.05, 3.63) is 40.2 Å². The van der Waals surface area contributed by atoms with Crippen LogP contribution in [0.15, 0.2) is 33.5 Å². The molecule has 4 fully saturated rings. The van der Waals surface area contributed by atoms with E-state index in [-0.39, 0.29) is 29.3 Å². The van der Waals surface area contributed by atoms with Crippen molar-refractivity contribution in [1.82, 2.24) is 5.32 Å². The van der Waals surface area contributed by atoms with Crippen LogP contribution in [-0.4, -0.2) is 23.0 Å². The number of esters is 1. The van der Waals surface area contributed by atoms with Crippen LogP contribution in [0, 0.1) is 23.2 Å². The Morgan fingerprint density at radius 1 is 1.16 bits per heavy atom. The van der Waals surface area contributed by atoms with E-state index in [1.54, 1.807) is 13.0 Å². The molecule has 1 amide bonds. The molecule has 1 aromatic carbocycles. The molecular weight excluding hydrogens is 398 g/mol. The fourth-order valence-corrected chi connectivity index (χ4v) is 6.41. The predicted molar refractivity (Wildman–Crippen MR) is 112 cm³/mol. The maximum absolute atomic E-state index is 13.1. The Balaban J connectivity index is 1.24. The van der Waals surface area contributed by atoms with Crippen LogP contribution in [0.3, 0.4) is 0 Å². The predicted octanol–water partition coefficient (Wildman–Crippen LogP) is 3.26. The number of fused-ring (bicyclic) bond motifs is 1. The number of phenolic OH excluding ortho intramolecular Hbond substituents is 1. The van der Waals surface area contributed by atoms with Crippen molar-refractivity contribution in [3.63, 3.8) is 0 Å². The van der Waals surface area contributed by atoms with Crippen molar-refractivity contribution in [3.8, 4) is 5.75 Å². The highest BCUT2D eigenvalue weighted by molar-refractivity contribution is 5.88. The highest BCUT2D eigenvalue weighted by Crippen LogP contribution is 2.60. The zero-order valence-electron chi connectivity index (χ0n) is 17.6. The zero-order chi connectivity index (χ0) is 21.8. The van der Waals surface area contributed by atoms with E-state index >= 15 is 0 Å². The van der Waals surface area contributed by atoms with Gasteiger partial charge in [-0.05, 0) is 75.3 Å². The number of amides is 1. The topological polar surface area (TPSA) is 106 Å². The zero-order valence-corrected chi connectivity index (χ0v) is 17.6. The molecule has 0 aliphatic heterocycles. The fraction of sp³-hybridized carbons (Fsp3) is 0.542.